The van der Waals surface area contributed by atoms with Crippen molar-refractivity contribution in [2.24, 2.45) is 0 Å². The first-order valence-corrected chi connectivity index (χ1v) is 6.01. The molecule has 2 nitrogen and oxygen atoms in total. The molecule has 4 heteroatoms. The van der Waals surface area contributed by atoms with E-state index in [0.717, 1.165) is 40.7 Å². The predicted molar refractivity (Wildman–Crippen MR) is 64.6 cm³/mol. The van der Waals surface area contributed by atoms with Crippen LogP contribution in [-0.2, 0) is 6.42 Å². The van der Waals surface area contributed by atoms with Crippen molar-refractivity contribution >= 4 is 24.2 Å². The molecule has 2 rings (SSSR count). The number of fused-ring (bicyclic) bond motifs is 1. The predicted octanol–water partition coefficient (Wildman–Crippen LogP) is 2.97. The molecule has 0 atom stereocenters. The molecule has 1 aromatic carbocycles. The Morgan fingerprint density at radius 3 is 2.53 bits per heavy atom. The molecule has 0 radical (unpaired) electrons. The van der Waals surface area contributed by atoms with Crippen LogP contribution in [0.1, 0.15) is 12.0 Å². The highest BCUT2D eigenvalue weighted by Crippen LogP contribution is 2.35. The summed E-state index contributed by atoms with van der Waals surface area (Å²) in [6.45, 7) is 1.21. The second-order valence-electron chi connectivity index (χ2n) is 3.41. The average molecular weight is 245 g/mol. The van der Waals surface area contributed by atoms with E-state index in [2.05, 4.69) is 12.6 Å². The van der Waals surface area contributed by atoms with E-state index in [-0.39, 0.29) is 0 Å². The summed E-state index contributed by atoms with van der Waals surface area (Å²) in [7, 11) is 0. The fourth-order valence-electron chi connectivity index (χ4n) is 1.57. The molecule has 0 saturated heterocycles. The minimum Gasteiger partial charge on any atom is -0.486 e. The highest BCUT2D eigenvalue weighted by molar-refractivity contribution is 7.80. The summed E-state index contributed by atoms with van der Waals surface area (Å²) in [4.78, 5) is 0. The van der Waals surface area contributed by atoms with Crippen molar-refractivity contribution in [3.63, 3.8) is 0 Å². The van der Waals surface area contributed by atoms with Gasteiger partial charge in [0.1, 0.15) is 13.2 Å². The Labute approximate surface area is 99.9 Å². The van der Waals surface area contributed by atoms with Crippen LogP contribution >= 0.6 is 24.2 Å². The lowest BCUT2D eigenvalue weighted by molar-refractivity contribution is 0.171. The Balaban J connectivity index is 2.24. The zero-order chi connectivity index (χ0) is 10.7. The van der Waals surface area contributed by atoms with Gasteiger partial charge in [-0.1, -0.05) is 11.6 Å². The average Bonchev–Trinajstić information content (AvgIpc) is 2.26. The number of thiol groups is 1. The molecule has 0 saturated carbocycles. The number of hydrogen-bond acceptors (Lipinski definition) is 3. The van der Waals surface area contributed by atoms with Crippen molar-refractivity contribution in [1.29, 1.82) is 0 Å². The molecule has 0 N–H and O–H groups in total. The van der Waals surface area contributed by atoms with Crippen LogP contribution in [0.25, 0.3) is 0 Å². The molecule has 1 aliphatic heterocycles. The molecule has 82 valence electrons. The van der Waals surface area contributed by atoms with Gasteiger partial charge in [-0.25, -0.2) is 0 Å². The minimum atomic E-state index is 0.597. The van der Waals surface area contributed by atoms with Crippen molar-refractivity contribution < 1.29 is 9.47 Å². The highest BCUT2D eigenvalue weighted by Gasteiger charge is 2.14. The van der Waals surface area contributed by atoms with Gasteiger partial charge in [-0.2, -0.15) is 12.6 Å². The maximum absolute atomic E-state index is 6.14. The Kier molecular flexibility index (Phi) is 3.65. The van der Waals surface area contributed by atoms with Crippen molar-refractivity contribution in [2.45, 2.75) is 12.8 Å². The van der Waals surface area contributed by atoms with E-state index in [1.165, 1.54) is 0 Å². The third-order valence-electron chi connectivity index (χ3n) is 2.32. The quantitative estimate of drug-likeness (QED) is 0.825. The number of aryl methyl sites for hydroxylation is 1. The van der Waals surface area contributed by atoms with Crippen molar-refractivity contribution in [3.05, 3.63) is 22.7 Å². The van der Waals surface area contributed by atoms with E-state index in [9.17, 15) is 0 Å². The molecule has 0 amide bonds. The van der Waals surface area contributed by atoms with Crippen LogP contribution in [0.4, 0.5) is 0 Å². The molecular weight excluding hydrogens is 232 g/mol. The smallest absolute Gasteiger partial charge is 0.162 e. The second-order valence-corrected chi connectivity index (χ2v) is 4.27. The zero-order valence-electron chi connectivity index (χ0n) is 8.33. The van der Waals surface area contributed by atoms with E-state index < -0.39 is 0 Å². The zero-order valence-corrected chi connectivity index (χ0v) is 9.98. The maximum atomic E-state index is 6.14. The summed E-state index contributed by atoms with van der Waals surface area (Å²) in [5.41, 5.74) is 1.11. The van der Waals surface area contributed by atoms with Gasteiger partial charge in [0.25, 0.3) is 0 Å². The second kappa shape index (κ2) is 4.99. The van der Waals surface area contributed by atoms with Gasteiger partial charge >= 0.3 is 0 Å². The lowest BCUT2D eigenvalue weighted by Crippen LogP contribution is -2.15. The summed E-state index contributed by atoms with van der Waals surface area (Å²) in [5, 5.41) is 0.751. The fraction of sp³-hybridized carbons (Fsp3) is 0.455. The normalized spacial score (nSPS) is 14.0. The van der Waals surface area contributed by atoms with Gasteiger partial charge in [0, 0.05) is 11.1 Å². The van der Waals surface area contributed by atoms with E-state index in [4.69, 9.17) is 21.1 Å². The Morgan fingerprint density at radius 1 is 1.20 bits per heavy atom. The molecule has 0 fully saturated rings. The molecule has 0 aromatic heterocycles. The summed E-state index contributed by atoms with van der Waals surface area (Å²) >= 11 is 10.3. The first-order valence-electron chi connectivity index (χ1n) is 5.00. The van der Waals surface area contributed by atoms with Crippen LogP contribution in [-0.4, -0.2) is 19.0 Å². The molecule has 1 aliphatic rings. The van der Waals surface area contributed by atoms with Gasteiger partial charge in [0.2, 0.25) is 0 Å². The van der Waals surface area contributed by atoms with Gasteiger partial charge in [-0.3, -0.25) is 0 Å². The molecule has 0 bridgehead atoms. The van der Waals surface area contributed by atoms with Crippen LogP contribution in [0.5, 0.6) is 11.5 Å². The first kappa shape index (κ1) is 11.0. The molecule has 0 spiro atoms. The van der Waals surface area contributed by atoms with E-state index in [1.54, 1.807) is 0 Å². The number of hydrogen-bond donors (Lipinski definition) is 1. The van der Waals surface area contributed by atoms with E-state index in [0.29, 0.717) is 13.2 Å². The van der Waals surface area contributed by atoms with Gasteiger partial charge < -0.3 is 9.47 Å². The maximum Gasteiger partial charge on any atom is 0.162 e. The van der Waals surface area contributed by atoms with Crippen molar-refractivity contribution in [3.8, 4) is 11.5 Å². The van der Waals surface area contributed by atoms with Crippen molar-refractivity contribution in [1.82, 2.24) is 0 Å². The summed E-state index contributed by atoms with van der Waals surface area (Å²) in [5.74, 6) is 2.42. The van der Waals surface area contributed by atoms with Gasteiger partial charge in [0.15, 0.2) is 11.5 Å². The molecule has 1 aromatic rings. The molecule has 0 aliphatic carbocycles. The van der Waals surface area contributed by atoms with Crippen molar-refractivity contribution in [2.75, 3.05) is 19.0 Å². The standard InChI is InChI=1S/C11H13ClO2S/c12-9-7-11-10(13-3-4-14-11)6-8(9)2-1-5-15/h6-7,15H,1-5H2. The first-order chi connectivity index (χ1) is 7.31. The summed E-state index contributed by atoms with van der Waals surface area (Å²) in [6.07, 6.45) is 1.95. The highest BCUT2D eigenvalue weighted by atomic mass is 35.5. The molecule has 1 heterocycles. The largest absolute Gasteiger partial charge is 0.486 e. The van der Waals surface area contributed by atoms with Crippen LogP contribution in [0.15, 0.2) is 12.1 Å². The van der Waals surface area contributed by atoms with E-state index in [1.807, 2.05) is 12.1 Å². The lowest BCUT2D eigenvalue weighted by atomic mass is 10.1. The number of benzene rings is 1. The Morgan fingerprint density at radius 2 is 1.87 bits per heavy atom. The summed E-state index contributed by atoms with van der Waals surface area (Å²) in [6, 6.07) is 3.81. The Bertz CT molecular complexity index is 355. The topological polar surface area (TPSA) is 18.5 Å². The summed E-state index contributed by atoms with van der Waals surface area (Å²) < 4.78 is 10.9. The molecule has 15 heavy (non-hydrogen) atoms. The third-order valence-corrected chi connectivity index (χ3v) is 2.98. The van der Waals surface area contributed by atoms with E-state index >= 15 is 0 Å². The molecule has 0 unspecified atom stereocenters. The van der Waals surface area contributed by atoms with Crippen LogP contribution < -0.4 is 9.47 Å². The monoisotopic (exact) mass is 244 g/mol. The SMILES string of the molecule is SCCCc1cc2c(cc1Cl)OCCO2. The van der Waals surface area contributed by atoms with Gasteiger partial charge in [0.05, 0.1) is 0 Å². The lowest BCUT2D eigenvalue weighted by Gasteiger charge is -2.19. The number of halogens is 1. The fourth-order valence-corrected chi connectivity index (χ4v) is 1.97. The van der Waals surface area contributed by atoms with Crippen LogP contribution in [0.2, 0.25) is 5.02 Å². The number of ether oxygens (including phenoxy) is 2. The van der Waals surface area contributed by atoms with Gasteiger partial charge in [-0.15, -0.1) is 0 Å². The Hall–Kier alpha value is -0.540. The van der Waals surface area contributed by atoms with Gasteiger partial charge in [-0.05, 0) is 30.2 Å². The third kappa shape index (κ3) is 2.52. The van der Waals surface area contributed by atoms with Crippen LogP contribution in [0.3, 0.4) is 0 Å². The number of rotatable bonds is 3. The minimum absolute atomic E-state index is 0.597. The molecular formula is C11H13ClO2S. The van der Waals surface area contributed by atoms with Crippen LogP contribution in [0, 0.1) is 0 Å².